The van der Waals surface area contributed by atoms with Gasteiger partial charge in [0.15, 0.2) is 23.0 Å². The van der Waals surface area contributed by atoms with E-state index in [1.807, 2.05) is 0 Å². The van der Waals surface area contributed by atoms with Crippen molar-refractivity contribution >= 4 is 11.7 Å². The number of methoxy groups -OCH3 is 1. The Morgan fingerprint density at radius 2 is 1.40 bits per heavy atom. The van der Waals surface area contributed by atoms with Crippen molar-refractivity contribution in [3.05, 3.63) is 35.1 Å². The minimum absolute atomic E-state index is 0.0170. The van der Waals surface area contributed by atoms with Crippen molar-refractivity contribution in [2.45, 2.75) is 110 Å². The van der Waals surface area contributed by atoms with Crippen LogP contribution in [0.5, 0.6) is 11.5 Å². The molecular weight excluding hydrogens is 442 g/mol. The van der Waals surface area contributed by atoms with E-state index in [0.717, 1.165) is 19.3 Å². The third kappa shape index (κ3) is 8.59. The largest absolute Gasteiger partial charge is 0.504 e. The second-order valence-electron chi connectivity index (χ2n) is 9.75. The molecule has 35 heavy (non-hydrogen) atoms. The molecule has 1 aromatic carbocycles. The SMILES string of the molecule is CCCCCCCCCCCCCCCCN1C(=O)C(O)=C(C(C)=O)C1c1ccc(O)c(OC)c1. The van der Waals surface area contributed by atoms with Crippen molar-refractivity contribution in [1.82, 2.24) is 4.90 Å². The van der Waals surface area contributed by atoms with Crippen LogP contribution in [0.2, 0.25) is 0 Å². The summed E-state index contributed by atoms with van der Waals surface area (Å²) in [6, 6.07) is 4.09. The summed E-state index contributed by atoms with van der Waals surface area (Å²) in [6.45, 7) is 4.08. The van der Waals surface area contributed by atoms with Crippen molar-refractivity contribution < 1.29 is 24.5 Å². The number of unbranched alkanes of at least 4 members (excludes halogenated alkanes) is 13. The fraction of sp³-hybridized carbons (Fsp3) is 0.655. The minimum atomic E-state index is -0.670. The van der Waals surface area contributed by atoms with Gasteiger partial charge in [0, 0.05) is 6.54 Å². The zero-order valence-corrected chi connectivity index (χ0v) is 22.0. The van der Waals surface area contributed by atoms with Crippen LogP contribution >= 0.6 is 0 Å². The molecule has 196 valence electrons. The average Bonchev–Trinajstić information content (AvgIpc) is 3.09. The fourth-order valence-corrected chi connectivity index (χ4v) is 4.93. The summed E-state index contributed by atoms with van der Waals surface area (Å²) in [7, 11) is 1.45. The number of amides is 1. The minimum Gasteiger partial charge on any atom is -0.504 e. The first-order valence-corrected chi connectivity index (χ1v) is 13.5. The number of carbonyl (C=O) groups is 2. The lowest BCUT2D eigenvalue weighted by Crippen LogP contribution is -2.32. The number of Topliss-reactive ketones (excluding diaryl/α,β-unsaturated/α-hetero) is 1. The van der Waals surface area contributed by atoms with Crippen LogP contribution in [-0.2, 0) is 9.59 Å². The number of hydrogen-bond acceptors (Lipinski definition) is 5. The van der Waals surface area contributed by atoms with Crippen molar-refractivity contribution in [1.29, 1.82) is 0 Å². The van der Waals surface area contributed by atoms with Crippen molar-refractivity contribution in [2.75, 3.05) is 13.7 Å². The lowest BCUT2D eigenvalue weighted by atomic mass is 9.96. The van der Waals surface area contributed by atoms with Gasteiger partial charge in [-0.25, -0.2) is 0 Å². The molecule has 1 unspecified atom stereocenters. The molecule has 0 saturated heterocycles. The van der Waals surface area contributed by atoms with Crippen molar-refractivity contribution in [2.24, 2.45) is 0 Å². The highest BCUT2D eigenvalue weighted by Gasteiger charge is 2.42. The molecule has 0 spiro atoms. The maximum absolute atomic E-state index is 12.8. The van der Waals surface area contributed by atoms with Crippen LogP contribution in [0.1, 0.15) is 115 Å². The lowest BCUT2D eigenvalue weighted by Gasteiger charge is -2.27. The molecule has 0 saturated carbocycles. The van der Waals surface area contributed by atoms with Crippen molar-refractivity contribution in [3.8, 4) is 11.5 Å². The molecule has 0 bridgehead atoms. The summed E-state index contributed by atoms with van der Waals surface area (Å²) in [5.41, 5.74) is 0.737. The van der Waals surface area contributed by atoms with E-state index < -0.39 is 17.7 Å². The molecule has 6 heteroatoms. The summed E-state index contributed by atoms with van der Waals surface area (Å²) < 4.78 is 5.20. The van der Waals surface area contributed by atoms with Gasteiger partial charge in [0.05, 0.1) is 18.7 Å². The predicted molar refractivity (Wildman–Crippen MR) is 140 cm³/mol. The molecule has 0 fully saturated rings. The number of aliphatic hydroxyl groups excluding tert-OH is 1. The van der Waals surface area contributed by atoms with Crippen LogP contribution in [0.4, 0.5) is 0 Å². The van der Waals surface area contributed by atoms with Gasteiger partial charge in [0.25, 0.3) is 5.91 Å². The van der Waals surface area contributed by atoms with E-state index in [4.69, 9.17) is 4.74 Å². The van der Waals surface area contributed by atoms with E-state index in [-0.39, 0.29) is 22.9 Å². The van der Waals surface area contributed by atoms with E-state index in [1.165, 1.54) is 90.7 Å². The van der Waals surface area contributed by atoms with Gasteiger partial charge in [-0.15, -0.1) is 0 Å². The number of aliphatic hydroxyl groups is 1. The van der Waals surface area contributed by atoms with Gasteiger partial charge in [0.1, 0.15) is 0 Å². The second kappa shape index (κ2) is 15.5. The highest BCUT2D eigenvalue weighted by Crippen LogP contribution is 2.40. The number of phenols is 1. The molecule has 1 aliphatic rings. The number of phenolic OH excluding ortho intramolecular Hbond substituents is 1. The zero-order chi connectivity index (χ0) is 25.6. The quantitative estimate of drug-likeness (QED) is 0.214. The standard InChI is InChI=1S/C29H45NO5/c1-4-5-6-7-8-9-10-11-12-13-14-15-16-17-20-30-27(26(22(2)31)28(33)29(30)34)23-18-19-24(32)25(21-23)35-3/h18-19,21,27,32-33H,4-17,20H2,1-3H3. The van der Waals surface area contributed by atoms with Crippen LogP contribution < -0.4 is 4.74 Å². The van der Waals surface area contributed by atoms with Gasteiger partial charge in [-0.1, -0.05) is 96.5 Å². The van der Waals surface area contributed by atoms with Gasteiger partial charge in [0.2, 0.25) is 0 Å². The summed E-state index contributed by atoms with van der Waals surface area (Å²) >= 11 is 0. The Hall–Kier alpha value is -2.50. The molecule has 0 radical (unpaired) electrons. The Balaban J connectivity index is 1.76. The first kappa shape index (κ1) is 28.7. The third-order valence-electron chi connectivity index (χ3n) is 6.96. The van der Waals surface area contributed by atoms with E-state index in [2.05, 4.69) is 6.92 Å². The van der Waals surface area contributed by atoms with Crippen LogP contribution in [0, 0.1) is 0 Å². The smallest absolute Gasteiger partial charge is 0.290 e. The van der Waals surface area contributed by atoms with Crippen molar-refractivity contribution in [3.63, 3.8) is 0 Å². The number of hydrogen-bond donors (Lipinski definition) is 2. The maximum atomic E-state index is 12.8. The fourth-order valence-electron chi connectivity index (χ4n) is 4.93. The first-order valence-electron chi connectivity index (χ1n) is 13.5. The topological polar surface area (TPSA) is 87.1 Å². The van der Waals surface area contributed by atoms with Gasteiger partial charge in [-0.3, -0.25) is 9.59 Å². The van der Waals surface area contributed by atoms with E-state index in [0.29, 0.717) is 12.1 Å². The Morgan fingerprint density at radius 1 is 0.886 bits per heavy atom. The predicted octanol–water partition coefficient (Wildman–Crippen LogP) is 7.17. The molecule has 1 amide bonds. The molecule has 1 atom stereocenters. The number of aromatic hydroxyl groups is 1. The van der Waals surface area contributed by atoms with Crippen LogP contribution in [-0.4, -0.2) is 40.5 Å². The second-order valence-corrected chi connectivity index (χ2v) is 9.75. The molecule has 0 aromatic heterocycles. The van der Waals surface area contributed by atoms with Gasteiger partial charge >= 0.3 is 0 Å². The number of benzene rings is 1. The number of carbonyl (C=O) groups excluding carboxylic acids is 2. The molecule has 6 nitrogen and oxygen atoms in total. The van der Waals surface area contributed by atoms with Gasteiger partial charge in [-0.05, 0) is 31.0 Å². The van der Waals surface area contributed by atoms with E-state index >= 15 is 0 Å². The first-order chi connectivity index (χ1) is 16.9. The molecular formula is C29H45NO5. The van der Waals surface area contributed by atoms with E-state index in [1.54, 1.807) is 17.0 Å². The number of rotatable bonds is 18. The molecule has 1 aromatic rings. The Labute approximate surface area is 211 Å². The number of ketones is 1. The summed E-state index contributed by atoms with van der Waals surface area (Å²) in [4.78, 5) is 26.6. The monoisotopic (exact) mass is 487 g/mol. The molecule has 2 N–H and O–H groups in total. The normalized spacial score (nSPS) is 15.8. The summed E-state index contributed by atoms with van der Waals surface area (Å²) in [6.07, 6.45) is 17.6. The summed E-state index contributed by atoms with van der Waals surface area (Å²) in [5, 5.41) is 20.3. The maximum Gasteiger partial charge on any atom is 0.290 e. The van der Waals surface area contributed by atoms with Gasteiger partial charge in [-0.2, -0.15) is 0 Å². The number of nitrogens with zero attached hydrogens (tertiary/aromatic N) is 1. The Bertz CT molecular complexity index is 847. The highest BCUT2D eigenvalue weighted by atomic mass is 16.5. The Morgan fingerprint density at radius 3 is 1.89 bits per heavy atom. The number of ether oxygens (including phenoxy) is 1. The average molecular weight is 488 g/mol. The summed E-state index contributed by atoms with van der Waals surface area (Å²) in [5.74, 6) is -1.07. The molecule has 1 heterocycles. The Kier molecular flexibility index (Phi) is 12.7. The van der Waals surface area contributed by atoms with Crippen LogP contribution in [0.25, 0.3) is 0 Å². The van der Waals surface area contributed by atoms with Crippen LogP contribution in [0.15, 0.2) is 29.5 Å². The lowest BCUT2D eigenvalue weighted by molar-refractivity contribution is -0.129. The molecule has 2 rings (SSSR count). The van der Waals surface area contributed by atoms with Crippen LogP contribution in [0.3, 0.4) is 0 Å². The highest BCUT2D eigenvalue weighted by molar-refractivity contribution is 6.08. The van der Waals surface area contributed by atoms with Gasteiger partial charge < -0.3 is 19.8 Å². The zero-order valence-electron chi connectivity index (χ0n) is 22.0. The van der Waals surface area contributed by atoms with E-state index in [9.17, 15) is 19.8 Å². The molecule has 1 aliphatic heterocycles. The third-order valence-corrected chi connectivity index (χ3v) is 6.96. The molecule has 0 aliphatic carbocycles.